The first-order chi connectivity index (χ1) is 9.86. The number of benzene rings is 1. The molecule has 4 nitrogen and oxygen atoms in total. The van der Waals surface area contributed by atoms with Crippen LogP contribution in [0, 0.1) is 0 Å². The predicted molar refractivity (Wildman–Crippen MR) is 89.9 cm³/mol. The highest BCUT2D eigenvalue weighted by molar-refractivity contribution is 7.80. The molecule has 1 aromatic carbocycles. The third-order valence-corrected chi connectivity index (χ3v) is 3.52. The van der Waals surface area contributed by atoms with E-state index in [-0.39, 0.29) is 16.9 Å². The van der Waals surface area contributed by atoms with Gasteiger partial charge >= 0.3 is 0 Å². The molecule has 0 heterocycles. The fraction of sp³-hybridized carbons (Fsp3) is 0.467. The predicted octanol–water partition coefficient (Wildman–Crippen LogP) is 3.05. The molecule has 0 radical (unpaired) electrons. The highest BCUT2D eigenvalue weighted by atomic mass is 35.5. The topological polar surface area (TPSA) is 64.3 Å². The molecule has 21 heavy (non-hydrogen) atoms. The Morgan fingerprint density at radius 1 is 1.48 bits per heavy atom. The van der Waals surface area contributed by atoms with E-state index in [0.717, 1.165) is 12.8 Å². The molecule has 2 atom stereocenters. The summed E-state index contributed by atoms with van der Waals surface area (Å²) < 4.78 is 5.66. The van der Waals surface area contributed by atoms with Gasteiger partial charge in [0.15, 0.2) is 6.10 Å². The van der Waals surface area contributed by atoms with Crippen molar-refractivity contribution in [1.29, 1.82) is 0 Å². The van der Waals surface area contributed by atoms with E-state index in [1.165, 1.54) is 0 Å². The highest BCUT2D eigenvalue weighted by Crippen LogP contribution is 2.27. The normalized spacial score (nSPS) is 13.3. The van der Waals surface area contributed by atoms with Crippen LogP contribution in [-0.4, -0.2) is 23.0 Å². The number of rotatable bonds is 7. The molecule has 1 rings (SSSR count). The molecule has 3 N–H and O–H groups in total. The molecule has 6 heteroatoms. The fourth-order valence-corrected chi connectivity index (χ4v) is 2.49. The Morgan fingerprint density at radius 3 is 2.71 bits per heavy atom. The molecule has 0 aromatic heterocycles. The van der Waals surface area contributed by atoms with Crippen molar-refractivity contribution >= 4 is 34.7 Å². The SMILES string of the molecule is CCCC(C)NC(=O)C(C)Oc1cccc(Cl)c1C(N)=S. The van der Waals surface area contributed by atoms with Crippen LogP contribution in [0.5, 0.6) is 5.75 Å². The summed E-state index contributed by atoms with van der Waals surface area (Å²) in [6, 6.07) is 5.21. The van der Waals surface area contributed by atoms with Crippen LogP contribution >= 0.6 is 23.8 Å². The Hall–Kier alpha value is -1.33. The minimum atomic E-state index is -0.657. The zero-order valence-corrected chi connectivity index (χ0v) is 14.1. The molecule has 1 amide bonds. The summed E-state index contributed by atoms with van der Waals surface area (Å²) >= 11 is 11.0. The summed E-state index contributed by atoms with van der Waals surface area (Å²) in [4.78, 5) is 12.2. The van der Waals surface area contributed by atoms with Crippen molar-refractivity contribution < 1.29 is 9.53 Å². The number of amides is 1. The van der Waals surface area contributed by atoms with Gasteiger partial charge in [-0.15, -0.1) is 0 Å². The summed E-state index contributed by atoms with van der Waals surface area (Å²) in [5, 5.41) is 3.31. The van der Waals surface area contributed by atoms with E-state index in [9.17, 15) is 4.79 Å². The molecule has 0 bridgehead atoms. The number of hydrogen-bond acceptors (Lipinski definition) is 3. The van der Waals surface area contributed by atoms with Crippen LogP contribution in [0.2, 0.25) is 5.02 Å². The van der Waals surface area contributed by atoms with Gasteiger partial charge in [-0.25, -0.2) is 0 Å². The molecular formula is C15H21ClN2O2S. The number of nitrogens with one attached hydrogen (secondary N) is 1. The second-order valence-electron chi connectivity index (χ2n) is 4.94. The van der Waals surface area contributed by atoms with Gasteiger partial charge in [-0.2, -0.15) is 0 Å². The monoisotopic (exact) mass is 328 g/mol. The Kier molecular flexibility index (Phi) is 6.92. The van der Waals surface area contributed by atoms with Crippen molar-refractivity contribution in [2.75, 3.05) is 0 Å². The summed E-state index contributed by atoms with van der Waals surface area (Å²) in [6.07, 6.45) is 1.28. The van der Waals surface area contributed by atoms with Gasteiger partial charge in [0.25, 0.3) is 5.91 Å². The van der Waals surface area contributed by atoms with Gasteiger partial charge in [0.2, 0.25) is 0 Å². The van der Waals surface area contributed by atoms with E-state index in [4.69, 9.17) is 34.3 Å². The van der Waals surface area contributed by atoms with Crippen molar-refractivity contribution in [1.82, 2.24) is 5.32 Å². The molecule has 1 aromatic rings. The van der Waals surface area contributed by atoms with Gasteiger partial charge in [0, 0.05) is 6.04 Å². The minimum Gasteiger partial charge on any atom is -0.480 e. The van der Waals surface area contributed by atoms with E-state index in [1.54, 1.807) is 25.1 Å². The number of halogens is 1. The molecule has 0 saturated heterocycles. The van der Waals surface area contributed by atoms with Crippen LogP contribution in [0.4, 0.5) is 0 Å². The van der Waals surface area contributed by atoms with Crippen LogP contribution in [-0.2, 0) is 4.79 Å². The third kappa shape index (κ3) is 5.17. The van der Waals surface area contributed by atoms with E-state index < -0.39 is 6.10 Å². The quantitative estimate of drug-likeness (QED) is 0.755. The average molecular weight is 329 g/mol. The van der Waals surface area contributed by atoms with Crippen molar-refractivity contribution in [3.8, 4) is 5.75 Å². The summed E-state index contributed by atoms with van der Waals surface area (Å²) in [5.74, 6) is 0.241. The number of hydrogen-bond donors (Lipinski definition) is 2. The Labute approximate surface area is 136 Å². The van der Waals surface area contributed by atoms with Gasteiger partial charge in [-0.3, -0.25) is 4.79 Å². The zero-order chi connectivity index (χ0) is 16.0. The van der Waals surface area contributed by atoms with E-state index >= 15 is 0 Å². The number of carbonyl (C=O) groups excluding carboxylic acids is 1. The lowest BCUT2D eigenvalue weighted by Gasteiger charge is -2.20. The summed E-state index contributed by atoms with van der Waals surface area (Å²) in [6.45, 7) is 5.72. The molecular weight excluding hydrogens is 308 g/mol. The highest BCUT2D eigenvalue weighted by Gasteiger charge is 2.19. The van der Waals surface area contributed by atoms with E-state index in [1.807, 2.05) is 6.92 Å². The van der Waals surface area contributed by atoms with Crippen molar-refractivity contribution in [3.05, 3.63) is 28.8 Å². The number of nitrogens with two attached hydrogens (primary N) is 1. The van der Waals surface area contributed by atoms with Crippen molar-refractivity contribution in [3.63, 3.8) is 0 Å². The number of ether oxygens (including phenoxy) is 1. The van der Waals surface area contributed by atoms with Gasteiger partial charge in [0.1, 0.15) is 10.7 Å². The van der Waals surface area contributed by atoms with Gasteiger partial charge in [0.05, 0.1) is 10.6 Å². The largest absolute Gasteiger partial charge is 0.480 e. The molecule has 0 spiro atoms. The average Bonchev–Trinajstić information content (AvgIpc) is 2.38. The lowest BCUT2D eigenvalue weighted by Crippen LogP contribution is -2.41. The molecule has 0 fully saturated rings. The Morgan fingerprint density at radius 2 is 2.14 bits per heavy atom. The molecule has 0 aliphatic heterocycles. The maximum Gasteiger partial charge on any atom is 0.260 e. The molecule has 0 aliphatic rings. The first kappa shape index (κ1) is 17.7. The standard InChI is InChI=1S/C15H21ClN2O2S/c1-4-6-9(2)18-15(19)10(3)20-12-8-5-7-11(16)13(12)14(17)21/h5,7-10H,4,6H2,1-3H3,(H2,17,21)(H,18,19). The maximum atomic E-state index is 12.1. The van der Waals surface area contributed by atoms with Crippen molar-refractivity contribution in [2.45, 2.75) is 45.8 Å². The van der Waals surface area contributed by atoms with Gasteiger partial charge in [-0.05, 0) is 32.4 Å². The zero-order valence-electron chi connectivity index (χ0n) is 12.5. The summed E-state index contributed by atoms with van der Waals surface area (Å²) in [5.41, 5.74) is 6.11. The Balaban J connectivity index is 2.79. The molecule has 0 saturated carbocycles. The number of thiocarbonyl (C=S) groups is 1. The molecule has 2 unspecified atom stereocenters. The second-order valence-corrected chi connectivity index (χ2v) is 5.78. The third-order valence-electron chi connectivity index (χ3n) is 3.01. The smallest absolute Gasteiger partial charge is 0.260 e. The second kappa shape index (κ2) is 8.20. The summed E-state index contributed by atoms with van der Waals surface area (Å²) in [7, 11) is 0. The molecule has 116 valence electrons. The van der Waals surface area contributed by atoms with Gasteiger partial charge in [-0.1, -0.05) is 43.2 Å². The van der Waals surface area contributed by atoms with Crippen LogP contribution in [0.3, 0.4) is 0 Å². The maximum absolute atomic E-state index is 12.1. The first-order valence-electron chi connectivity index (χ1n) is 6.92. The van der Waals surface area contributed by atoms with E-state index in [0.29, 0.717) is 16.3 Å². The first-order valence-corrected chi connectivity index (χ1v) is 7.70. The minimum absolute atomic E-state index is 0.114. The van der Waals surface area contributed by atoms with Crippen LogP contribution in [0.25, 0.3) is 0 Å². The molecule has 0 aliphatic carbocycles. The van der Waals surface area contributed by atoms with Crippen LogP contribution in [0.1, 0.15) is 39.2 Å². The Bertz CT molecular complexity index is 522. The lowest BCUT2D eigenvalue weighted by molar-refractivity contribution is -0.127. The van der Waals surface area contributed by atoms with E-state index in [2.05, 4.69) is 12.2 Å². The number of carbonyl (C=O) groups is 1. The van der Waals surface area contributed by atoms with Crippen molar-refractivity contribution in [2.24, 2.45) is 5.73 Å². The van der Waals surface area contributed by atoms with Gasteiger partial charge < -0.3 is 15.8 Å². The lowest BCUT2D eigenvalue weighted by atomic mass is 10.2. The van der Waals surface area contributed by atoms with Crippen LogP contribution < -0.4 is 15.8 Å². The van der Waals surface area contributed by atoms with Crippen LogP contribution in [0.15, 0.2) is 18.2 Å². The fourth-order valence-electron chi connectivity index (χ4n) is 1.95.